The first-order valence-corrected chi connectivity index (χ1v) is 5.75. The van der Waals surface area contributed by atoms with Gasteiger partial charge in [-0.2, -0.15) is 0 Å². The SMILES string of the molecule is Cc1cc(NC(=O)c2c[nH]c3cc(N)ccc23)no1. The molecule has 2 heterocycles. The quantitative estimate of drug-likeness (QED) is 0.613. The van der Waals surface area contributed by atoms with Crippen LogP contribution in [0.2, 0.25) is 0 Å². The van der Waals surface area contributed by atoms with Crippen molar-refractivity contribution in [1.29, 1.82) is 0 Å². The molecule has 6 nitrogen and oxygen atoms in total. The predicted octanol–water partition coefficient (Wildman–Crippen LogP) is 2.30. The van der Waals surface area contributed by atoms with Gasteiger partial charge >= 0.3 is 0 Å². The van der Waals surface area contributed by atoms with Crippen LogP contribution in [0.4, 0.5) is 11.5 Å². The molecule has 0 aliphatic rings. The molecule has 0 saturated heterocycles. The highest BCUT2D eigenvalue weighted by molar-refractivity contribution is 6.12. The topological polar surface area (TPSA) is 96.9 Å². The second-order valence-corrected chi connectivity index (χ2v) is 4.28. The van der Waals surface area contributed by atoms with Crippen LogP contribution in [-0.2, 0) is 0 Å². The second kappa shape index (κ2) is 4.16. The van der Waals surface area contributed by atoms with Gasteiger partial charge in [0.25, 0.3) is 5.91 Å². The van der Waals surface area contributed by atoms with Gasteiger partial charge in [0, 0.05) is 28.9 Å². The molecule has 6 heteroatoms. The van der Waals surface area contributed by atoms with Crippen LogP contribution in [0, 0.1) is 6.92 Å². The van der Waals surface area contributed by atoms with Crippen molar-refractivity contribution in [2.45, 2.75) is 6.92 Å². The van der Waals surface area contributed by atoms with E-state index >= 15 is 0 Å². The lowest BCUT2D eigenvalue weighted by Gasteiger charge is -1.99. The van der Waals surface area contributed by atoms with Crippen molar-refractivity contribution in [3.8, 4) is 0 Å². The highest BCUT2D eigenvalue weighted by atomic mass is 16.5. The van der Waals surface area contributed by atoms with Gasteiger partial charge in [-0.05, 0) is 25.1 Å². The maximum absolute atomic E-state index is 12.1. The zero-order valence-corrected chi connectivity index (χ0v) is 10.2. The molecular weight excluding hydrogens is 244 g/mol. The lowest BCUT2D eigenvalue weighted by Crippen LogP contribution is -2.11. The van der Waals surface area contributed by atoms with Crippen LogP contribution < -0.4 is 11.1 Å². The number of hydrogen-bond donors (Lipinski definition) is 3. The molecule has 1 aromatic carbocycles. The Morgan fingerprint density at radius 2 is 2.26 bits per heavy atom. The molecule has 0 atom stereocenters. The molecule has 0 bridgehead atoms. The molecular formula is C13H12N4O2. The number of benzene rings is 1. The Hall–Kier alpha value is -2.76. The van der Waals surface area contributed by atoms with E-state index in [0.717, 1.165) is 10.9 Å². The van der Waals surface area contributed by atoms with Gasteiger partial charge < -0.3 is 20.6 Å². The van der Waals surface area contributed by atoms with Crippen LogP contribution >= 0.6 is 0 Å². The predicted molar refractivity (Wildman–Crippen MR) is 71.9 cm³/mol. The Morgan fingerprint density at radius 1 is 1.42 bits per heavy atom. The summed E-state index contributed by atoms with van der Waals surface area (Å²) in [6.07, 6.45) is 1.65. The smallest absolute Gasteiger partial charge is 0.259 e. The van der Waals surface area contributed by atoms with Gasteiger partial charge in [0.05, 0.1) is 5.56 Å². The van der Waals surface area contributed by atoms with Crippen molar-refractivity contribution in [1.82, 2.24) is 10.1 Å². The van der Waals surface area contributed by atoms with Crippen molar-refractivity contribution in [3.05, 3.63) is 41.8 Å². The van der Waals surface area contributed by atoms with Crippen LogP contribution in [0.15, 0.2) is 35.0 Å². The summed E-state index contributed by atoms with van der Waals surface area (Å²) in [5.41, 5.74) is 7.70. The van der Waals surface area contributed by atoms with Crippen LogP contribution in [0.5, 0.6) is 0 Å². The lowest BCUT2D eigenvalue weighted by molar-refractivity contribution is 0.102. The van der Waals surface area contributed by atoms with Crippen LogP contribution in [0.3, 0.4) is 0 Å². The highest BCUT2D eigenvalue weighted by Gasteiger charge is 2.13. The van der Waals surface area contributed by atoms with E-state index in [1.165, 1.54) is 0 Å². The van der Waals surface area contributed by atoms with Crippen molar-refractivity contribution >= 4 is 28.3 Å². The van der Waals surface area contributed by atoms with Gasteiger partial charge in [0.2, 0.25) is 0 Å². The van der Waals surface area contributed by atoms with Gasteiger partial charge in [-0.1, -0.05) is 5.16 Å². The Labute approximate surface area is 108 Å². The lowest BCUT2D eigenvalue weighted by atomic mass is 10.1. The Balaban J connectivity index is 1.93. The average Bonchev–Trinajstić information content (AvgIpc) is 2.95. The van der Waals surface area contributed by atoms with E-state index < -0.39 is 0 Å². The number of aromatic nitrogens is 2. The maximum Gasteiger partial charge on any atom is 0.259 e. The van der Waals surface area contributed by atoms with E-state index in [0.29, 0.717) is 22.8 Å². The Morgan fingerprint density at radius 3 is 3.00 bits per heavy atom. The number of H-pyrrole nitrogens is 1. The van der Waals surface area contributed by atoms with E-state index in [4.69, 9.17) is 10.3 Å². The summed E-state index contributed by atoms with van der Waals surface area (Å²) in [6, 6.07) is 7.01. The molecule has 0 aliphatic carbocycles. The zero-order valence-electron chi connectivity index (χ0n) is 10.2. The van der Waals surface area contributed by atoms with E-state index in [9.17, 15) is 4.79 Å². The minimum Gasteiger partial charge on any atom is -0.399 e. The van der Waals surface area contributed by atoms with Crippen LogP contribution in [-0.4, -0.2) is 16.0 Å². The number of aryl methyl sites for hydroxylation is 1. The number of nitrogens with zero attached hydrogens (tertiary/aromatic N) is 1. The average molecular weight is 256 g/mol. The molecule has 0 unspecified atom stereocenters. The van der Waals surface area contributed by atoms with Crippen LogP contribution in [0.25, 0.3) is 10.9 Å². The van der Waals surface area contributed by atoms with Gasteiger partial charge in [0.15, 0.2) is 5.82 Å². The summed E-state index contributed by atoms with van der Waals surface area (Å²) in [4.78, 5) is 15.2. The molecule has 1 amide bonds. The molecule has 0 radical (unpaired) electrons. The summed E-state index contributed by atoms with van der Waals surface area (Å²) < 4.78 is 4.90. The Kier molecular flexibility index (Phi) is 2.49. The number of nitrogens with one attached hydrogen (secondary N) is 2. The van der Waals surface area contributed by atoms with Crippen molar-refractivity contribution < 1.29 is 9.32 Å². The molecule has 0 saturated carbocycles. The monoisotopic (exact) mass is 256 g/mol. The third kappa shape index (κ3) is 2.03. The number of hydrogen-bond acceptors (Lipinski definition) is 4. The molecule has 3 rings (SSSR count). The van der Waals surface area contributed by atoms with Gasteiger partial charge in [-0.25, -0.2) is 0 Å². The zero-order chi connectivity index (χ0) is 13.4. The molecule has 0 aliphatic heterocycles. The highest BCUT2D eigenvalue weighted by Crippen LogP contribution is 2.21. The van der Waals surface area contributed by atoms with Gasteiger partial charge in [-0.15, -0.1) is 0 Å². The third-order valence-electron chi connectivity index (χ3n) is 2.82. The number of carbonyl (C=O) groups excluding carboxylic acids is 1. The fourth-order valence-corrected chi connectivity index (χ4v) is 1.94. The summed E-state index contributed by atoms with van der Waals surface area (Å²) >= 11 is 0. The third-order valence-corrected chi connectivity index (χ3v) is 2.82. The fraction of sp³-hybridized carbons (Fsp3) is 0.0769. The van der Waals surface area contributed by atoms with Gasteiger partial charge in [-0.3, -0.25) is 4.79 Å². The summed E-state index contributed by atoms with van der Waals surface area (Å²) in [6.45, 7) is 1.76. The number of aromatic amines is 1. The molecule has 0 spiro atoms. The minimum atomic E-state index is -0.246. The normalized spacial score (nSPS) is 10.8. The summed E-state index contributed by atoms with van der Waals surface area (Å²) in [5, 5.41) is 7.21. The molecule has 3 aromatic rings. The minimum absolute atomic E-state index is 0.246. The largest absolute Gasteiger partial charge is 0.399 e. The number of carbonyl (C=O) groups is 1. The first kappa shape index (κ1) is 11.3. The van der Waals surface area contributed by atoms with Crippen LogP contribution in [0.1, 0.15) is 16.1 Å². The number of nitrogen functional groups attached to an aromatic ring is 1. The molecule has 0 fully saturated rings. The van der Waals surface area contributed by atoms with Gasteiger partial charge in [0.1, 0.15) is 5.76 Å². The maximum atomic E-state index is 12.1. The standard InChI is InChI=1S/C13H12N4O2/c1-7-4-12(17-19-7)16-13(18)10-6-15-11-5-8(14)2-3-9(10)11/h2-6,15H,14H2,1H3,(H,16,17,18). The van der Waals surface area contributed by atoms with E-state index in [1.807, 2.05) is 6.07 Å². The van der Waals surface area contributed by atoms with Crippen molar-refractivity contribution in [2.24, 2.45) is 0 Å². The molecule has 19 heavy (non-hydrogen) atoms. The summed E-state index contributed by atoms with van der Waals surface area (Å²) in [5.74, 6) is 0.790. The van der Waals surface area contributed by atoms with E-state index in [1.54, 1.807) is 31.3 Å². The van der Waals surface area contributed by atoms with Crippen molar-refractivity contribution in [2.75, 3.05) is 11.1 Å². The summed E-state index contributed by atoms with van der Waals surface area (Å²) in [7, 11) is 0. The first-order valence-electron chi connectivity index (χ1n) is 5.75. The molecule has 2 aromatic heterocycles. The number of fused-ring (bicyclic) bond motifs is 1. The molecule has 4 N–H and O–H groups in total. The number of amides is 1. The molecule has 96 valence electrons. The second-order valence-electron chi connectivity index (χ2n) is 4.28. The number of anilines is 2. The number of nitrogens with two attached hydrogens (primary N) is 1. The fourth-order valence-electron chi connectivity index (χ4n) is 1.94. The first-order chi connectivity index (χ1) is 9.13. The van der Waals surface area contributed by atoms with E-state index in [-0.39, 0.29) is 5.91 Å². The number of rotatable bonds is 2. The van der Waals surface area contributed by atoms with E-state index in [2.05, 4.69) is 15.5 Å². The van der Waals surface area contributed by atoms with Crippen molar-refractivity contribution in [3.63, 3.8) is 0 Å². The Bertz CT molecular complexity index is 757.